The van der Waals surface area contributed by atoms with Crippen LogP contribution in [-0.2, 0) is 6.42 Å². The Bertz CT molecular complexity index is 947. The van der Waals surface area contributed by atoms with Crippen molar-refractivity contribution in [3.63, 3.8) is 0 Å². The monoisotopic (exact) mass is 368 g/mol. The third kappa shape index (κ3) is 4.22. The van der Waals surface area contributed by atoms with Gasteiger partial charge in [0.2, 0.25) is 0 Å². The first-order valence-corrected chi connectivity index (χ1v) is 8.91. The van der Waals surface area contributed by atoms with Crippen LogP contribution in [0.4, 0.5) is 0 Å². The molecule has 1 N–H and O–H groups in total. The Balaban J connectivity index is 1.63. The summed E-state index contributed by atoms with van der Waals surface area (Å²) in [4.78, 5) is 16.8. The first-order chi connectivity index (χ1) is 13.0. The molecule has 2 aromatic carbocycles. The maximum Gasteiger partial charge on any atom is 0.251 e. The summed E-state index contributed by atoms with van der Waals surface area (Å²) in [5, 5.41) is 2.93. The third-order valence-corrected chi connectivity index (χ3v) is 4.31. The van der Waals surface area contributed by atoms with E-state index in [-0.39, 0.29) is 11.8 Å². The molecular formula is C21H24N2O4. The lowest BCUT2D eigenvalue weighted by molar-refractivity contribution is 0.0954. The summed E-state index contributed by atoms with van der Waals surface area (Å²) in [5.74, 6) is 2.11. The van der Waals surface area contributed by atoms with Crippen molar-refractivity contribution in [3.05, 3.63) is 53.4 Å². The van der Waals surface area contributed by atoms with Crippen LogP contribution in [0, 0.1) is 0 Å². The number of aromatic nitrogens is 1. The van der Waals surface area contributed by atoms with Gasteiger partial charge < -0.3 is 19.2 Å². The number of nitrogens with zero attached hydrogens (tertiary/aromatic N) is 1. The number of carbonyl (C=O) groups is 1. The van der Waals surface area contributed by atoms with E-state index in [1.54, 1.807) is 26.4 Å². The Kier molecular flexibility index (Phi) is 5.64. The molecule has 0 bridgehead atoms. The number of benzene rings is 2. The average Bonchev–Trinajstić information content (AvgIpc) is 3.11. The molecular weight excluding hydrogens is 344 g/mol. The van der Waals surface area contributed by atoms with Gasteiger partial charge in [0.05, 0.1) is 14.2 Å². The topological polar surface area (TPSA) is 73.6 Å². The summed E-state index contributed by atoms with van der Waals surface area (Å²) in [5.41, 5.74) is 3.01. The van der Waals surface area contributed by atoms with Gasteiger partial charge in [-0.3, -0.25) is 4.79 Å². The van der Waals surface area contributed by atoms with Crippen molar-refractivity contribution in [2.24, 2.45) is 0 Å². The number of hydrogen-bond acceptors (Lipinski definition) is 5. The minimum atomic E-state index is -0.139. The number of nitrogens with one attached hydrogen (secondary N) is 1. The zero-order chi connectivity index (χ0) is 19.4. The fourth-order valence-electron chi connectivity index (χ4n) is 2.79. The van der Waals surface area contributed by atoms with Gasteiger partial charge in [0.15, 0.2) is 23.0 Å². The molecule has 0 aliphatic heterocycles. The van der Waals surface area contributed by atoms with Crippen LogP contribution in [0.5, 0.6) is 11.5 Å². The Morgan fingerprint density at radius 2 is 1.89 bits per heavy atom. The SMILES string of the molecule is COc1ccc(CCNC(=O)c2ccc3nc(C(C)C)oc3c2)cc1OC. The summed E-state index contributed by atoms with van der Waals surface area (Å²) in [6.45, 7) is 4.55. The van der Waals surface area contributed by atoms with Crippen LogP contribution < -0.4 is 14.8 Å². The standard InChI is InChI=1S/C21H24N2O4/c1-13(2)21-23-16-7-6-15(12-18(16)27-21)20(24)22-10-9-14-5-8-17(25-3)19(11-14)26-4/h5-8,11-13H,9-10H2,1-4H3,(H,22,24). The highest BCUT2D eigenvalue weighted by atomic mass is 16.5. The Hall–Kier alpha value is -3.02. The van der Waals surface area contributed by atoms with Crippen LogP contribution in [0.25, 0.3) is 11.1 Å². The molecule has 3 aromatic rings. The average molecular weight is 368 g/mol. The van der Waals surface area contributed by atoms with E-state index >= 15 is 0 Å². The van der Waals surface area contributed by atoms with E-state index in [9.17, 15) is 4.79 Å². The van der Waals surface area contributed by atoms with E-state index in [0.29, 0.717) is 41.5 Å². The molecule has 0 saturated heterocycles. The number of rotatable bonds is 7. The fourth-order valence-corrected chi connectivity index (χ4v) is 2.79. The minimum Gasteiger partial charge on any atom is -0.493 e. The molecule has 3 rings (SSSR count). The zero-order valence-corrected chi connectivity index (χ0v) is 16.0. The third-order valence-electron chi connectivity index (χ3n) is 4.31. The molecule has 6 heteroatoms. The number of ether oxygens (including phenoxy) is 2. The second-order valence-electron chi connectivity index (χ2n) is 6.58. The van der Waals surface area contributed by atoms with Gasteiger partial charge in [-0.25, -0.2) is 4.98 Å². The molecule has 1 heterocycles. The largest absolute Gasteiger partial charge is 0.493 e. The fraction of sp³-hybridized carbons (Fsp3) is 0.333. The van der Waals surface area contributed by atoms with Crippen LogP contribution in [-0.4, -0.2) is 31.7 Å². The number of carbonyl (C=O) groups excluding carboxylic acids is 1. The predicted molar refractivity (Wildman–Crippen MR) is 104 cm³/mol. The van der Waals surface area contributed by atoms with Gasteiger partial charge in [-0.15, -0.1) is 0 Å². The highest BCUT2D eigenvalue weighted by molar-refractivity contribution is 5.97. The molecule has 0 aliphatic rings. The van der Waals surface area contributed by atoms with E-state index in [4.69, 9.17) is 13.9 Å². The van der Waals surface area contributed by atoms with Crippen LogP contribution in [0.15, 0.2) is 40.8 Å². The first-order valence-electron chi connectivity index (χ1n) is 8.91. The van der Waals surface area contributed by atoms with Gasteiger partial charge in [-0.2, -0.15) is 0 Å². The van der Waals surface area contributed by atoms with E-state index in [1.165, 1.54) is 0 Å². The zero-order valence-electron chi connectivity index (χ0n) is 16.0. The van der Waals surface area contributed by atoms with Crippen LogP contribution in [0.2, 0.25) is 0 Å². The molecule has 0 aliphatic carbocycles. The molecule has 1 amide bonds. The van der Waals surface area contributed by atoms with Gasteiger partial charge in [0.1, 0.15) is 5.52 Å². The van der Waals surface area contributed by atoms with Crippen molar-refractivity contribution in [1.29, 1.82) is 0 Å². The van der Waals surface area contributed by atoms with Crippen molar-refractivity contribution in [1.82, 2.24) is 10.3 Å². The molecule has 0 unspecified atom stereocenters. The number of fused-ring (bicyclic) bond motifs is 1. The van der Waals surface area contributed by atoms with Gasteiger partial charge in [0.25, 0.3) is 5.91 Å². The normalized spacial score (nSPS) is 11.0. The van der Waals surface area contributed by atoms with Gasteiger partial charge in [-0.05, 0) is 42.3 Å². The summed E-state index contributed by atoms with van der Waals surface area (Å²) in [6, 6.07) is 11.1. The van der Waals surface area contributed by atoms with Crippen LogP contribution in [0.3, 0.4) is 0 Å². The lowest BCUT2D eigenvalue weighted by atomic mass is 10.1. The number of amides is 1. The van der Waals surface area contributed by atoms with Gasteiger partial charge >= 0.3 is 0 Å². The van der Waals surface area contributed by atoms with Crippen molar-refractivity contribution < 1.29 is 18.7 Å². The summed E-state index contributed by atoms with van der Waals surface area (Å²) in [6.07, 6.45) is 0.689. The number of hydrogen-bond donors (Lipinski definition) is 1. The van der Waals surface area contributed by atoms with Gasteiger partial charge in [-0.1, -0.05) is 19.9 Å². The highest BCUT2D eigenvalue weighted by Crippen LogP contribution is 2.27. The number of methoxy groups -OCH3 is 2. The second-order valence-corrected chi connectivity index (χ2v) is 6.58. The Labute approximate surface area is 158 Å². The molecule has 0 spiro atoms. The van der Waals surface area contributed by atoms with E-state index in [1.807, 2.05) is 38.1 Å². The Morgan fingerprint density at radius 3 is 2.59 bits per heavy atom. The molecule has 0 radical (unpaired) electrons. The number of oxazole rings is 1. The molecule has 6 nitrogen and oxygen atoms in total. The maximum atomic E-state index is 12.4. The molecule has 142 valence electrons. The van der Waals surface area contributed by atoms with E-state index in [0.717, 1.165) is 11.1 Å². The molecule has 1 aromatic heterocycles. The smallest absolute Gasteiger partial charge is 0.251 e. The molecule has 27 heavy (non-hydrogen) atoms. The quantitative estimate of drug-likeness (QED) is 0.684. The summed E-state index contributed by atoms with van der Waals surface area (Å²) in [7, 11) is 3.21. The molecule has 0 saturated carbocycles. The molecule has 0 atom stereocenters. The summed E-state index contributed by atoms with van der Waals surface area (Å²) < 4.78 is 16.3. The minimum absolute atomic E-state index is 0.139. The van der Waals surface area contributed by atoms with E-state index < -0.39 is 0 Å². The first kappa shape index (κ1) is 18.8. The van der Waals surface area contributed by atoms with Crippen LogP contribution in [0.1, 0.15) is 41.6 Å². The van der Waals surface area contributed by atoms with Crippen molar-refractivity contribution in [2.45, 2.75) is 26.2 Å². The van der Waals surface area contributed by atoms with E-state index in [2.05, 4.69) is 10.3 Å². The second kappa shape index (κ2) is 8.12. The lowest BCUT2D eigenvalue weighted by Gasteiger charge is -2.10. The Morgan fingerprint density at radius 1 is 1.11 bits per heavy atom. The van der Waals surface area contributed by atoms with Gasteiger partial charge in [0, 0.05) is 18.0 Å². The maximum absolute atomic E-state index is 12.4. The summed E-state index contributed by atoms with van der Waals surface area (Å²) >= 11 is 0. The van der Waals surface area contributed by atoms with Crippen LogP contribution >= 0.6 is 0 Å². The predicted octanol–water partition coefficient (Wildman–Crippen LogP) is 3.94. The van der Waals surface area contributed by atoms with Crippen molar-refractivity contribution >= 4 is 17.0 Å². The highest BCUT2D eigenvalue weighted by Gasteiger charge is 2.12. The molecule has 0 fully saturated rings. The van der Waals surface area contributed by atoms with Crippen molar-refractivity contribution in [3.8, 4) is 11.5 Å². The lowest BCUT2D eigenvalue weighted by Crippen LogP contribution is -2.25. The van der Waals surface area contributed by atoms with Crippen molar-refractivity contribution in [2.75, 3.05) is 20.8 Å².